The molecule has 16 heavy (non-hydrogen) atoms. The SMILES string of the molecule is CC(C)C1CC(C)(OC(=O)NC(C)(C)C)C1. The number of ether oxygens (including phenoxy) is 1. The monoisotopic (exact) mass is 227 g/mol. The molecule has 0 aromatic heterocycles. The zero-order chi connectivity index (χ0) is 12.6. The van der Waals surface area contributed by atoms with Crippen molar-refractivity contribution in [2.75, 3.05) is 0 Å². The van der Waals surface area contributed by atoms with Crippen molar-refractivity contribution in [3.63, 3.8) is 0 Å². The van der Waals surface area contributed by atoms with E-state index in [-0.39, 0.29) is 17.2 Å². The van der Waals surface area contributed by atoms with Gasteiger partial charge in [0.1, 0.15) is 5.60 Å². The van der Waals surface area contributed by atoms with Gasteiger partial charge in [-0.15, -0.1) is 0 Å². The molecule has 3 heteroatoms. The van der Waals surface area contributed by atoms with Crippen molar-refractivity contribution in [1.29, 1.82) is 0 Å². The van der Waals surface area contributed by atoms with Crippen LogP contribution in [-0.2, 0) is 4.74 Å². The van der Waals surface area contributed by atoms with Gasteiger partial charge >= 0.3 is 6.09 Å². The van der Waals surface area contributed by atoms with E-state index in [0.29, 0.717) is 11.8 Å². The van der Waals surface area contributed by atoms with Crippen LogP contribution in [0.15, 0.2) is 0 Å². The lowest BCUT2D eigenvalue weighted by molar-refractivity contribution is -0.0811. The Kier molecular flexibility index (Phi) is 3.56. The lowest BCUT2D eigenvalue weighted by atomic mass is 9.67. The van der Waals surface area contributed by atoms with Crippen LogP contribution in [0, 0.1) is 11.8 Å². The van der Waals surface area contributed by atoms with E-state index < -0.39 is 0 Å². The topological polar surface area (TPSA) is 38.3 Å². The third-order valence-electron chi connectivity index (χ3n) is 3.15. The summed E-state index contributed by atoms with van der Waals surface area (Å²) >= 11 is 0. The lowest BCUT2D eigenvalue weighted by Crippen LogP contribution is -2.51. The minimum Gasteiger partial charge on any atom is -0.443 e. The molecule has 1 N–H and O–H groups in total. The van der Waals surface area contributed by atoms with Crippen LogP contribution in [0.2, 0.25) is 0 Å². The molecule has 0 heterocycles. The Hall–Kier alpha value is -0.730. The summed E-state index contributed by atoms with van der Waals surface area (Å²) in [5, 5.41) is 2.83. The first kappa shape index (κ1) is 13.3. The Bertz CT molecular complexity index is 260. The van der Waals surface area contributed by atoms with Crippen molar-refractivity contribution in [2.45, 2.75) is 65.5 Å². The maximum absolute atomic E-state index is 11.6. The number of amides is 1. The average Bonchev–Trinajstić information content (AvgIpc) is 1.94. The van der Waals surface area contributed by atoms with Gasteiger partial charge in [-0.3, -0.25) is 0 Å². The first-order chi connectivity index (χ1) is 7.11. The fourth-order valence-electron chi connectivity index (χ4n) is 2.16. The minimum atomic E-state index is -0.294. The number of rotatable bonds is 2. The molecule has 0 bridgehead atoms. The van der Waals surface area contributed by atoms with E-state index in [4.69, 9.17) is 4.74 Å². The minimum absolute atomic E-state index is 0.228. The quantitative estimate of drug-likeness (QED) is 0.785. The molecule has 0 spiro atoms. The summed E-state index contributed by atoms with van der Waals surface area (Å²) in [6, 6.07) is 0. The van der Waals surface area contributed by atoms with Gasteiger partial charge in [0.15, 0.2) is 0 Å². The summed E-state index contributed by atoms with van der Waals surface area (Å²) in [7, 11) is 0. The molecule has 1 saturated carbocycles. The van der Waals surface area contributed by atoms with Gasteiger partial charge < -0.3 is 10.1 Å². The van der Waals surface area contributed by atoms with Crippen LogP contribution in [0.25, 0.3) is 0 Å². The number of alkyl carbamates (subject to hydrolysis) is 1. The summed E-state index contributed by atoms with van der Waals surface area (Å²) in [4.78, 5) is 11.6. The standard InChI is InChI=1S/C13H25NO2/c1-9(2)10-7-13(6,8-10)16-11(15)14-12(3,4)5/h9-10H,7-8H2,1-6H3,(H,14,15). The largest absolute Gasteiger partial charge is 0.443 e. The molecule has 0 unspecified atom stereocenters. The van der Waals surface area contributed by atoms with Gasteiger partial charge in [0.05, 0.1) is 0 Å². The zero-order valence-electron chi connectivity index (χ0n) is 11.4. The summed E-state index contributed by atoms with van der Waals surface area (Å²) in [5.41, 5.74) is -0.473. The van der Waals surface area contributed by atoms with E-state index in [2.05, 4.69) is 19.2 Å². The van der Waals surface area contributed by atoms with Crippen LogP contribution in [-0.4, -0.2) is 17.2 Å². The van der Waals surface area contributed by atoms with Crippen LogP contribution >= 0.6 is 0 Å². The second-order valence-electron chi connectivity index (χ2n) is 6.63. The smallest absolute Gasteiger partial charge is 0.408 e. The van der Waals surface area contributed by atoms with Crippen molar-refractivity contribution < 1.29 is 9.53 Å². The van der Waals surface area contributed by atoms with Gasteiger partial charge in [-0.25, -0.2) is 4.79 Å². The number of carbonyl (C=O) groups is 1. The highest BCUT2D eigenvalue weighted by atomic mass is 16.6. The number of hydrogen-bond acceptors (Lipinski definition) is 2. The van der Waals surface area contributed by atoms with Crippen molar-refractivity contribution in [1.82, 2.24) is 5.32 Å². The third kappa shape index (κ3) is 3.69. The predicted octanol–water partition coefficient (Wildman–Crippen LogP) is 3.34. The fraction of sp³-hybridized carbons (Fsp3) is 0.923. The van der Waals surface area contributed by atoms with Gasteiger partial charge in [-0.2, -0.15) is 0 Å². The van der Waals surface area contributed by atoms with Crippen LogP contribution in [0.3, 0.4) is 0 Å². The Morgan fingerprint density at radius 3 is 2.25 bits per heavy atom. The molecule has 1 aliphatic rings. The predicted molar refractivity (Wildman–Crippen MR) is 65.3 cm³/mol. The number of nitrogens with one attached hydrogen (secondary N) is 1. The van der Waals surface area contributed by atoms with E-state index in [9.17, 15) is 4.79 Å². The van der Waals surface area contributed by atoms with E-state index in [1.807, 2.05) is 27.7 Å². The van der Waals surface area contributed by atoms with E-state index in [1.54, 1.807) is 0 Å². The zero-order valence-corrected chi connectivity index (χ0v) is 11.4. The molecule has 0 saturated heterocycles. The third-order valence-corrected chi connectivity index (χ3v) is 3.15. The van der Waals surface area contributed by atoms with Crippen LogP contribution in [0.1, 0.15) is 54.4 Å². The first-order valence-electron chi connectivity index (χ1n) is 6.12. The highest BCUT2D eigenvalue weighted by Crippen LogP contribution is 2.44. The summed E-state index contributed by atoms with van der Waals surface area (Å²) in [6.07, 6.45) is 1.68. The first-order valence-corrected chi connectivity index (χ1v) is 6.12. The second-order valence-corrected chi connectivity index (χ2v) is 6.63. The molecule has 1 fully saturated rings. The van der Waals surface area contributed by atoms with E-state index in [1.165, 1.54) is 0 Å². The Morgan fingerprint density at radius 1 is 1.38 bits per heavy atom. The summed E-state index contributed by atoms with van der Waals surface area (Å²) < 4.78 is 5.48. The Balaban J connectivity index is 2.36. The number of hydrogen-bond donors (Lipinski definition) is 1. The molecular weight excluding hydrogens is 202 g/mol. The molecule has 0 aliphatic heterocycles. The molecule has 0 aromatic carbocycles. The van der Waals surface area contributed by atoms with Gasteiger partial charge in [-0.05, 0) is 52.4 Å². The van der Waals surface area contributed by atoms with Gasteiger partial charge in [0.25, 0.3) is 0 Å². The molecule has 0 atom stereocenters. The van der Waals surface area contributed by atoms with Crippen LogP contribution < -0.4 is 5.32 Å². The highest BCUT2D eigenvalue weighted by molar-refractivity contribution is 5.68. The molecule has 1 aliphatic carbocycles. The molecule has 3 nitrogen and oxygen atoms in total. The van der Waals surface area contributed by atoms with Gasteiger partial charge in [-0.1, -0.05) is 13.8 Å². The van der Waals surface area contributed by atoms with Gasteiger partial charge in [0, 0.05) is 5.54 Å². The van der Waals surface area contributed by atoms with E-state index in [0.717, 1.165) is 12.8 Å². The van der Waals surface area contributed by atoms with Crippen molar-refractivity contribution in [2.24, 2.45) is 11.8 Å². The summed E-state index contributed by atoms with van der Waals surface area (Å²) in [6.45, 7) is 12.3. The Morgan fingerprint density at radius 2 is 1.88 bits per heavy atom. The van der Waals surface area contributed by atoms with Crippen molar-refractivity contribution in [3.05, 3.63) is 0 Å². The van der Waals surface area contributed by atoms with Crippen molar-refractivity contribution >= 4 is 6.09 Å². The van der Waals surface area contributed by atoms with Crippen LogP contribution in [0.5, 0.6) is 0 Å². The van der Waals surface area contributed by atoms with Crippen molar-refractivity contribution in [3.8, 4) is 0 Å². The molecule has 1 rings (SSSR count). The normalized spacial score (nSPS) is 29.8. The molecular formula is C13H25NO2. The molecule has 0 radical (unpaired) electrons. The molecule has 94 valence electrons. The molecule has 0 aromatic rings. The Labute approximate surface area is 98.9 Å². The fourth-order valence-corrected chi connectivity index (χ4v) is 2.16. The molecule has 1 amide bonds. The maximum atomic E-state index is 11.6. The van der Waals surface area contributed by atoms with Gasteiger partial charge in [0.2, 0.25) is 0 Å². The average molecular weight is 227 g/mol. The summed E-state index contributed by atoms with van der Waals surface area (Å²) in [5.74, 6) is 1.38. The number of carbonyl (C=O) groups excluding carboxylic acids is 1. The maximum Gasteiger partial charge on any atom is 0.408 e. The highest BCUT2D eigenvalue weighted by Gasteiger charge is 2.44. The van der Waals surface area contributed by atoms with Crippen LogP contribution in [0.4, 0.5) is 4.79 Å². The second kappa shape index (κ2) is 4.27. The lowest BCUT2D eigenvalue weighted by Gasteiger charge is -2.46. The van der Waals surface area contributed by atoms with E-state index >= 15 is 0 Å².